The van der Waals surface area contributed by atoms with E-state index in [1.807, 2.05) is 66.5 Å². The minimum atomic E-state index is -0.572. The molecule has 34 heavy (non-hydrogen) atoms. The van der Waals surface area contributed by atoms with Gasteiger partial charge in [0, 0.05) is 11.9 Å². The van der Waals surface area contributed by atoms with Crippen molar-refractivity contribution in [1.82, 2.24) is 9.47 Å². The lowest BCUT2D eigenvalue weighted by atomic mass is 10.2. The van der Waals surface area contributed by atoms with Gasteiger partial charge in [-0.3, -0.25) is 14.3 Å². The molecule has 0 unspecified atom stereocenters. The zero-order valence-electron chi connectivity index (χ0n) is 18.8. The Morgan fingerprint density at radius 2 is 1.71 bits per heavy atom. The number of aliphatic hydroxyl groups excluding tert-OH is 1. The van der Waals surface area contributed by atoms with Gasteiger partial charge in [0.25, 0.3) is 5.91 Å². The number of likely N-dealkylation sites (N-methyl/N-ethyl adjacent to an activating group) is 1. The van der Waals surface area contributed by atoms with E-state index in [-0.39, 0.29) is 23.7 Å². The summed E-state index contributed by atoms with van der Waals surface area (Å²) in [5.41, 5.74) is 2.23. The van der Waals surface area contributed by atoms with Gasteiger partial charge in [0.1, 0.15) is 12.4 Å². The first kappa shape index (κ1) is 23.2. The van der Waals surface area contributed by atoms with E-state index in [1.54, 1.807) is 28.8 Å². The van der Waals surface area contributed by atoms with E-state index in [0.717, 1.165) is 11.1 Å². The molecule has 1 aromatic heterocycles. The number of hydrogen-bond donors (Lipinski definition) is 2. The monoisotopic (exact) mass is 458 g/mol. The second-order valence-corrected chi connectivity index (χ2v) is 7.84. The van der Waals surface area contributed by atoms with Crippen LogP contribution in [0.4, 0.5) is 5.69 Å². The predicted molar refractivity (Wildman–Crippen MR) is 129 cm³/mol. The summed E-state index contributed by atoms with van der Waals surface area (Å²) < 4.78 is 7.53. The van der Waals surface area contributed by atoms with Gasteiger partial charge in [-0.1, -0.05) is 60.7 Å². The highest BCUT2D eigenvalue weighted by molar-refractivity contribution is 5.98. The molecule has 174 valence electrons. The topological polar surface area (TPSA) is 99.6 Å². The lowest BCUT2D eigenvalue weighted by Gasteiger charge is -2.17. The minimum absolute atomic E-state index is 0.00326. The van der Waals surface area contributed by atoms with Crippen LogP contribution in [0.25, 0.3) is 10.9 Å². The number of para-hydroxylation sites is 2. The van der Waals surface area contributed by atoms with Crippen LogP contribution in [0.1, 0.15) is 15.9 Å². The molecule has 0 saturated carbocycles. The summed E-state index contributed by atoms with van der Waals surface area (Å²) >= 11 is 0. The van der Waals surface area contributed by atoms with E-state index >= 15 is 0 Å². The van der Waals surface area contributed by atoms with Crippen LogP contribution in [0.3, 0.4) is 0 Å². The van der Waals surface area contributed by atoms with Crippen molar-refractivity contribution >= 4 is 22.5 Å². The van der Waals surface area contributed by atoms with Gasteiger partial charge < -0.3 is 14.9 Å². The third-order valence-corrected chi connectivity index (χ3v) is 5.38. The number of amides is 1. The summed E-state index contributed by atoms with van der Waals surface area (Å²) in [5, 5.41) is 28.7. The molecular formula is C26H26N4O4. The summed E-state index contributed by atoms with van der Waals surface area (Å²) in [5.74, 6) is -0.263. The third kappa shape index (κ3) is 5.14. The van der Waals surface area contributed by atoms with Crippen molar-refractivity contribution in [2.75, 3.05) is 20.2 Å². The van der Waals surface area contributed by atoms with Crippen molar-refractivity contribution in [2.45, 2.75) is 13.3 Å². The number of ether oxygens (including phenoxy) is 1. The van der Waals surface area contributed by atoms with Crippen molar-refractivity contribution in [3.8, 4) is 11.6 Å². The molecule has 8 heteroatoms. The Kier molecular flexibility index (Phi) is 7.31. The second-order valence-electron chi connectivity index (χ2n) is 7.84. The maximum Gasteiger partial charge on any atom is 0.299 e. The molecule has 0 fully saturated rings. The summed E-state index contributed by atoms with van der Waals surface area (Å²) in [7, 11) is 1.83. The fourth-order valence-corrected chi connectivity index (χ4v) is 3.65. The first-order chi connectivity index (χ1) is 16.6. The molecule has 0 saturated heterocycles. The second kappa shape index (κ2) is 10.7. The van der Waals surface area contributed by atoms with Crippen LogP contribution in [0, 0.1) is 0 Å². The fourth-order valence-electron chi connectivity index (χ4n) is 3.65. The van der Waals surface area contributed by atoms with E-state index in [1.165, 1.54) is 0 Å². The number of hydrogen-bond acceptors (Lipinski definition) is 6. The standard InChI is InChI=1S/C26H26N4O4/c1-29(15-16-31)18-30-22-13-7-5-11-20(22)24(26(30)33)27-28-25(32)21-12-6-8-14-23(21)34-17-19-9-3-2-4-10-19/h2-14,31,33H,15-18H2,1H3. The quantitative estimate of drug-likeness (QED) is 0.353. The van der Waals surface area contributed by atoms with Crippen molar-refractivity contribution in [3.05, 3.63) is 90.0 Å². The van der Waals surface area contributed by atoms with Crippen LogP contribution >= 0.6 is 0 Å². The van der Waals surface area contributed by atoms with Gasteiger partial charge in [0.2, 0.25) is 5.88 Å². The highest BCUT2D eigenvalue weighted by Gasteiger charge is 2.18. The number of nitrogens with zero attached hydrogens (tertiary/aromatic N) is 4. The number of aliphatic hydroxyl groups is 1. The zero-order valence-corrected chi connectivity index (χ0v) is 18.8. The van der Waals surface area contributed by atoms with Crippen LogP contribution in [-0.4, -0.2) is 45.8 Å². The zero-order chi connectivity index (χ0) is 23.9. The van der Waals surface area contributed by atoms with Gasteiger partial charge in [-0.2, -0.15) is 0 Å². The van der Waals surface area contributed by atoms with Gasteiger partial charge in [-0.25, -0.2) is 0 Å². The highest BCUT2D eigenvalue weighted by atomic mass is 16.5. The van der Waals surface area contributed by atoms with Gasteiger partial charge in [0.15, 0.2) is 5.69 Å². The number of aromatic nitrogens is 1. The molecule has 3 aromatic carbocycles. The van der Waals surface area contributed by atoms with Crippen molar-refractivity contribution in [1.29, 1.82) is 0 Å². The van der Waals surface area contributed by atoms with Crippen LogP contribution in [0.2, 0.25) is 0 Å². The number of azo groups is 1. The molecule has 8 nitrogen and oxygen atoms in total. The normalized spacial score (nSPS) is 11.5. The minimum Gasteiger partial charge on any atom is -0.493 e. The Hall–Kier alpha value is -4.01. The lowest BCUT2D eigenvalue weighted by Crippen LogP contribution is -2.24. The summed E-state index contributed by atoms with van der Waals surface area (Å²) in [4.78, 5) is 14.8. The number of rotatable bonds is 9. The average Bonchev–Trinajstić information content (AvgIpc) is 3.12. The highest BCUT2D eigenvalue weighted by Crippen LogP contribution is 2.39. The molecule has 4 aromatic rings. The van der Waals surface area contributed by atoms with Crippen molar-refractivity contribution < 1.29 is 19.7 Å². The summed E-state index contributed by atoms with van der Waals surface area (Å²) in [6.07, 6.45) is 0. The lowest BCUT2D eigenvalue weighted by molar-refractivity contribution is 0.0990. The van der Waals surface area contributed by atoms with Crippen LogP contribution < -0.4 is 4.74 Å². The molecule has 2 N–H and O–H groups in total. The Morgan fingerprint density at radius 3 is 2.50 bits per heavy atom. The van der Waals surface area contributed by atoms with E-state index < -0.39 is 5.91 Å². The molecule has 0 atom stereocenters. The van der Waals surface area contributed by atoms with Gasteiger partial charge in [-0.05, 0) is 30.8 Å². The van der Waals surface area contributed by atoms with Gasteiger partial charge >= 0.3 is 0 Å². The fraction of sp³-hybridized carbons (Fsp3) is 0.192. The SMILES string of the molecule is CN(CCO)Cn1c(O)c(N=NC(=O)c2ccccc2OCc2ccccc2)c2ccccc21. The Morgan fingerprint density at radius 1 is 1.00 bits per heavy atom. The summed E-state index contributed by atoms with van der Waals surface area (Å²) in [6.45, 7) is 1.11. The van der Waals surface area contributed by atoms with Crippen LogP contribution in [0.15, 0.2) is 89.1 Å². The number of aromatic hydroxyl groups is 1. The largest absolute Gasteiger partial charge is 0.493 e. The molecule has 0 radical (unpaired) electrons. The molecular weight excluding hydrogens is 432 g/mol. The van der Waals surface area contributed by atoms with E-state index in [2.05, 4.69) is 10.2 Å². The molecule has 0 aliphatic heterocycles. The first-order valence-corrected chi connectivity index (χ1v) is 10.9. The molecule has 1 heterocycles. The molecule has 1 amide bonds. The number of carbonyl (C=O) groups is 1. The maximum atomic E-state index is 12.9. The Bertz CT molecular complexity index is 1300. The van der Waals surface area contributed by atoms with Gasteiger partial charge in [-0.15, -0.1) is 10.2 Å². The summed E-state index contributed by atoms with van der Waals surface area (Å²) in [6, 6.07) is 23.9. The Balaban J connectivity index is 1.59. The smallest absolute Gasteiger partial charge is 0.299 e. The van der Waals surface area contributed by atoms with Crippen molar-refractivity contribution in [3.63, 3.8) is 0 Å². The predicted octanol–water partition coefficient (Wildman–Crippen LogP) is 4.73. The number of carbonyl (C=O) groups excluding carboxylic acids is 1. The van der Waals surface area contributed by atoms with Crippen molar-refractivity contribution in [2.24, 2.45) is 10.2 Å². The van der Waals surface area contributed by atoms with Crippen LogP contribution in [-0.2, 0) is 13.3 Å². The Labute approximate surface area is 197 Å². The molecule has 0 aliphatic rings. The first-order valence-electron chi connectivity index (χ1n) is 10.9. The molecule has 0 aliphatic carbocycles. The molecule has 0 bridgehead atoms. The molecule has 0 spiro atoms. The van der Waals surface area contributed by atoms with E-state index in [9.17, 15) is 15.0 Å². The van der Waals surface area contributed by atoms with Crippen LogP contribution in [0.5, 0.6) is 11.6 Å². The number of fused-ring (bicyclic) bond motifs is 1. The maximum absolute atomic E-state index is 12.9. The van der Waals surface area contributed by atoms with E-state index in [0.29, 0.717) is 31.0 Å². The molecule has 4 rings (SSSR count). The van der Waals surface area contributed by atoms with E-state index in [4.69, 9.17) is 4.74 Å². The third-order valence-electron chi connectivity index (χ3n) is 5.38. The average molecular weight is 459 g/mol. The van der Waals surface area contributed by atoms with Gasteiger partial charge in [0.05, 0.1) is 24.4 Å². The number of benzene rings is 3.